The molecule has 0 unspecified atom stereocenters. The second kappa shape index (κ2) is 12.3. The average Bonchev–Trinajstić information content (AvgIpc) is 3.15. The first kappa shape index (κ1) is 28.6. The number of methoxy groups -OCH3 is 1. The van der Waals surface area contributed by atoms with Crippen LogP contribution in [0.15, 0.2) is 65.7 Å². The first-order valence-electron chi connectivity index (χ1n) is 13.5. The molecule has 0 saturated heterocycles. The van der Waals surface area contributed by atoms with Crippen LogP contribution in [0.4, 0.5) is 5.82 Å². The van der Waals surface area contributed by atoms with Crippen molar-refractivity contribution in [3.8, 4) is 11.4 Å². The molecule has 1 aromatic carbocycles. The number of rotatable bonds is 9. The minimum Gasteiger partial charge on any atom is -0.380 e. The Labute approximate surface area is 239 Å². The van der Waals surface area contributed by atoms with E-state index < -0.39 is 9.84 Å². The third kappa shape index (κ3) is 6.53. The first-order chi connectivity index (χ1) is 19.8. The Hall–Kier alpha value is -3.93. The zero-order valence-corrected chi connectivity index (χ0v) is 24.1. The monoisotopic (exact) mass is 575 g/mol. The topological polar surface area (TPSA) is 124 Å². The Morgan fingerprint density at radius 1 is 1.12 bits per heavy atom. The number of anilines is 1. The maximum absolute atomic E-state index is 12.9. The third-order valence-corrected chi connectivity index (χ3v) is 8.82. The summed E-state index contributed by atoms with van der Waals surface area (Å²) in [6, 6.07) is 16.2. The van der Waals surface area contributed by atoms with Gasteiger partial charge >= 0.3 is 0 Å². The molecule has 1 amide bonds. The number of amides is 1. The van der Waals surface area contributed by atoms with E-state index in [1.807, 2.05) is 43.3 Å². The summed E-state index contributed by atoms with van der Waals surface area (Å²) < 4.78 is 36.0. The van der Waals surface area contributed by atoms with Gasteiger partial charge in [0.2, 0.25) is 0 Å². The number of nitrogens with one attached hydrogen (secondary N) is 1. The standard InChI is InChI=1S/C30H33N5O5S/c1-4-35(18-20(2)39-3)29-7-5-6-25(34-29)26-11-10-22-16-31-24(15-27(22)33-26)17-32-30(36)21-8-9-23-19-40-12-13-41(37,38)28(23)14-21/h5-11,14-16,20H,4,12-13,17-19H2,1-3H3,(H,32,36)/t20-/m0/s1. The van der Waals surface area contributed by atoms with Crippen molar-refractivity contribution >= 4 is 32.5 Å². The minimum absolute atomic E-state index is 0.0741. The van der Waals surface area contributed by atoms with Crippen LogP contribution in [0, 0.1) is 0 Å². The number of pyridine rings is 3. The maximum atomic E-state index is 12.9. The summed E-state index contributed by atoms with van der Waals surface area (Å²) in [5, 5.41) is 3.70. The van der Waals surface area contributed by atoms with Crippen molar-refractivity contribution in [1.29, 1.82) is 0 Å². The van der Waals surface area contributed by atoms with Crippen molar-refractivity contribution in [2.24, 2.45) is 0 Å². The first-order valence-corrected chi connectivity index (χ1v) is 15.1. The number of fused-ring (bicyclic) bond motifs is 2. The van der Waals surface area contributed by atoms with E-state index >= 15 is 0 Å². The van der Waals surface area contributed by atoms with Crippen molar-refractivity contribution in [2.75, 3.05) is 37.5 Å². The summed E-state index contributed by atoms with van der Waals surface area (Å²) in [5.74, 6) is 0.359. The zero-order chi connectivity index (χ0) is 29.0. The van der Waals surface area contributed by atoms with E-state index in [-0.39, 0.29) is 48.0 Å². The molecule has 10 nitrogen and oxygen atoms in total. The average molecular weight is 576 g/mol. The molecule has 4 aromatic rings. The molecule has 1 aliphatic heterocycles. The Balaban J connectivity index is 1.33. The van der Waals surface area contributed by atoms with Crippen molar-refractivity contribution in [1.82, 2.24) is 20.3 Å². The normalized spacial score (nSPS) is 15.1. The van der Waals surface area contributed by atoms with Gasteiger partial charge in [-0.3, -0.25) is 9.78 Å². The highest BCUT2D eigenvalue weighted by atomic mass is 32.2. The zero-order valence-electron chi connectivity index (χ0n) is 23.3. The smallest absolute Gasteiger partial charge is 0.251 e. The number of nitrogens with zero attached hydrogens (tertiary/aromatic N) is 4. The minimum atomic E-state index is -3.51. The molecular weight excluding hydrogens is 542 g/mol. The molecule has 3 aromatic heterocycles. The lowest BCUT2D eigenvalue weighted by Crippen LogP contribution is -2.32. The lowest BCUT2D eigenvalue weighted by atomic mass is 10.1. The summed E-state index contributed by atoms with van der Waals surface area (Å²) >= 11 is 0. The van der Waals surface area contributed by atoms with Crippen molar-refractivity contribution < 1.29 is 22.7 Å². The molecule has 11 heteroatoms. The summed E-state index contributed by atoms with van der Waals surface area (Å²) in [4.78, 5) is 29.4. The molecule has 41 heavy (non-hydrogen) atoms. The van der Waals surface area contributed by atoms with Crippen molar-refractivity contribution in [3.63, 3.8) is 0 Å². The van der Waals surface area contributed by atoms with Gasteiger partial charge in [-0.2, -0.15) is 0 Å². The molecule has 0 bridgehead atoms. The summed E-state index contributed by atoms with van der Waals surface area (Å²) in [5.41, 5.74) is 3.66. The van der Waals surface area contributed by atoms with Gasteiger partial charge in [0.15, 0.2) is 9.84 Å². The van der Waals surface area contributed by atoms with Crippen LogP contribution in [0.25, 0.3) is 22.3 Å². The highest BCUT2D eigenvalue weighted by Gasteiger charge is 2.23. The fourth-order valence-corrected chi connectivity index (χ4v) is 6.04. The van der Waals surface area contributed by atoms with E-state index in [2.05, 4.69) is 22.1 Å². The van der Waals surface area contributed by atoms with Gasteiger partial charge in [-0.05, 0) is 61.9 Å². The van der Waals surface area contributed by atoms with Gasteiger partial charge in [0.25, 0.3) is 5.91 Å². The van der Waals surface area contributed by atoms with Gasteiger partial charge < -0.3 is 19.7 Å². The van der Waals surface area contributed by atoms with Crippen LogP contribution in [0.3, 0.4) is 0 Å². The molecule has 1 N–H and O–H groups in total. The van der Waals surface area contributed by atoms with Crippen LogP contribution < -0.4 is 10.2 Å². The van der Waals surface area contributed by atoms with Crippen LogP contribution >= 0.6 is 0 Å². The molecular formula is C30H33N5O5S. The fraction of sp³-hybridized carbons (Fsp3) is 0.333. The predicted octanol–water partition coefficient (Wildman–Crippen LogP) is 3.79. The number of hydrogen-bond donors (Lipinski definition) is 1. The molecule has 5 rings (SSSR count). The summed E-state index contributed by atoms with van der Waals surface area (Å²) in [6.07, 6.45) is 1.79. The highest BCUT2D eigenvalue weighted by molar-refractivity contribution is 7.91. The van der Waals surface area contributed by atoms with E-state index in [1.165, 1.54) is 6.07 Å². The largest absolute Gasteiger partial charge is 0.380 e. The maximum Gasteiger partial charge on any atom is 0.251 e. The van der Waals surface area contributed by atoms with Gasteiger partial charge in [0, 0.05) is 37.3 Å². The third-order valence-electron chi connectivity index (χ3n) is 7.06. The molecule has 1 aliphatic rings. The van der Waals surface area contributed by atoms with E-state index in [4.69, 9.17) is 19.4 Å². The van der Waals surface area contributed by atoms with Crippen LogP contribution in [-0.4, -0.2) is 67.9 Å². The van der Waals surface area contributed by atoms with Gasteiger partial charge in [-0.25, -0.2) is 18.4 Å². The Bertz CT molecular complexity index is 1680. The molecule has 0 aliphatic carbocycles. The number of hydrogen-bond acceptors (Lipinski definition) is 9. The van der Waals surface area contributed by atoms with Crippen LogP contribution in [-0.2, 0) is 32.5 Å². The number of carbonyl (C=O) groups is 1. The number of sulfone groups is 1. The second-order valence-corrected chi connectivity index (χ2v) is 12.0. The molecule has 4 heterocycles. The molecule has 1 atom stereocenters. The number of carbonyl (C=O) groups excluding carboxylic acids is 1. The van der Waals surface area contributed by atoms with E-state index in [0.29, 0.717) is 11.3 Å². The molecule has 0 fully saturated rings. The summed E-state index contributed by atoms with van der Waals surface area (Å²) in [6.45, 7) is 6.13. The number of aromatic nitrogens is 3. The van der Waals surface area contributed by atoms with Crippen molar-refractivity contribution in [3.05, 3.63) is 77.6 Å². The van der Waals surface area contributed by atoms with Gasteiger partial charge in [-0.1, -0.05) is 12.1 Å². The lowest BCUT2D eigenvalue weighted by Gasteiger charge is -2.25. The van der Waals surface area contributed by atoms with E-state index in [9.17, 15) is 13.2 Å². The predicted molar refractivity (Wildman–Crippen MR) is 156 cm³/mol. The Morgan fingerprint density at radius 3 is 2.76 bits per heavy atom. The van der Waals surface area contributed by atoms with E-state index in [0.717, 1.165) is 41.2 Å². The molecule has 0 radical (unpaired) electrons. The van der Waals surface area contributed by atoms with Crippen molar-refractivity contribution in [2.45, 2.75) is 38.0 Å². The van der Waals surface area contributed by atoms with Gasteiger partial charge in [0.1, 0.15) is 5.82 Å². The highest BCUT2D eigenvalue weighted by Crippen LogP contribution is 2.24. The quantitative estimate of drug-likeness (QED) is 0.317. The Morgan fingerprint density at radius 2 is 1.95 bits per heavy atom. The molecule has 214 valence electrons. The van der Waals surface area contributed by atoms with Crippen LogP contribution in [0.5, 0.6) is 0 Å². The van der Waals surface area contributed by atoms with Crippen LogP contribution in [0.1, 0.15) is 35.5 Å². The number of likely N-dealkylation sites (N-methyl/N-ethyl adjacent to an activating group) is 1. The summed E-state index contributed by atoms with van der Waals surface area (Å²) in [7, 11) is -1.81. The molecule has 0 spiro atoms. The van der Waals surface area contributed by atoms with E-state index in [1.54, 1.807) is 25.4 Å². The van der Waals surface area contributed by atoms with Crippen LogP contribution in [0.2, 0.25) is 0 Å². The number of benzene rings is 1. The second-order valence-electron chi connectivity index (χ2n) is 9.91. The Kier molecular flexibility index (Phi) is 8.57. The number of ether oxygens (including phenoxy) is 2. The SMILES string of the molecule is CCN(C[C@H](C)OC)c1cccc(-c2ccc3cnc(CNC(=O)c4ccc5c(c4)S(=O)(=O)CCOC5)cc3n2)n1. The molecule has 0 saturated carbocycles. The lowest BCUT2D eigenvalue weighted by molar-refractivity contribution is 0.0950. The van der Waals surface area contributed by atoms with Gasteiger partial charge in [0.05, 0.1) is 59.1 Å². The fourth-order valence-electron chi connectivity index (χ4n) is 4.65. The van der Waals surface area contributed by atoms with Gasteiger partial charge in [-0.15, -0.1) is 0 Å².